The van der Waals surface area contributed by atoms with Crippen molar-refractivity contribution in [3.05, 3.63) is 71.4 Å². The summed E-state index contributed by atoms with van der Waals surface area (Å²) in [6.07, 6.45) is 1.26. The summed E-state index contributed by atoms with van der Waals surface area (Å²) in [6, 6.07) is 16.5. The monoisotopic (exact) mass is 460 g/mol. The van der Waals surface area contributed by atoms with Crippen molar-refractivity contribution in [3.63, 3.8) is 0 Å². The van der Waals surface area contributed by atoms with Gasteiger partial charge in [0.1, 0.15) is 12.1 Å². The van der Waals surface area contributed by atoms with Gasteiger partial charge in [-0.3, -0.25) is 0 Å². The lowest BCUT2D eigenvalue weighted by Gasteiger charge is -2.21. The average Bonchev–Trinajstić information content (AvgIpc) is 3.24. The van der Waals surface area contributed by atoms with Gasteiger partial charge in [0, 0.05) is 37.6 Å². The first-order valence-corrected chi connectivity index (χ1v) is 11.9. The Hall–Kier alpha value is -3.45. The van der Waals surface area contributed by atoms with E-state index in [1.54, 1.807) is 18.3 Å². The summed E-state index contributed by atoms with van der Waals surface area (Å²) in [5, 5.41) is 3.60. The molecule has 4 aromatic rings. The summed E-state index contributed by atoms with van der Waals surface area (Å²) >= 11 is 1.43. The molecule has 170 valence electrons. The first kappa shape index (κ1) is 22.7. The van der Waals surface area contributed by atoms with Crippen LogP contribution < -0.4 is 9.64 Å². The normalized spacial score (nSPS) is 10.9. The van der Waals surface area contributed by atoms with Crippen LogP contribution in [0.15, 0.2) is 60.2 Å². The van der Waals surface area contributed by atoms with E-state index in [0.29, 0.717) is 11.6 Å². The van der Waals surface area contributed by atoms with E-state index in [9.17, 15) is 4.79 Å². The minimum absolute atomic E-state index is 0.363. The molecule has 2 aromatic carbocycles. The molecule has 0 N–H and O–H groups in total. The second-order valence-corrected chi connectivity index (χ2v) is 8.80. The number of anilines is 1. The van der Waals surface area contributed by atoms with Gasteiger partial charge in [-0.25, -0.2) is 14.8 Å². The highest BCUT2D eigenvalue weighted by molar-refractivity contribution is 7.12. The first-order chi connectivity index (χ1) is 16.0. The van der Waals surface area contributed by atoms with Crippen LogP contribution in [-0.4, -0.2) is 41.1 Å². The van der Waals surface area contributed by atoms with Gasteiger partial charge >= 0.3 is 6.09 Å². The van der Waals surface area contributed by atoms with Crippen LogP contribution >= 0.6 is 11.3 Å². The summed E-state index contributed by atoms with van der Waals surface area (Å²) in [5.74, 6) is 0.953. The fraction of sp³-hybridized carbons (Fsp3) is 0.269. The van der Waals surface area contributed by atoms with E-state index in [4.69, 9.17) is 4.74 Å². The molecule has 0 spiro atoms. The van der Waals surface area contributed by atoms with Gasteiger partial charge in [-0.05, 0) is 67.1 Å². The molecule has 33 heavy (non-hydrogen) atoms. The van der Waals surface area contributed by atoms with Crippen molar-refractivity contribution in [2.45, 2.75) is 27.3 Å². The maximum atomic E-state index is 12.5. The van der Waals surface area contributed by atoms with E-state index in [0.717, 1.165) is 52.1 Å². The molecule has 0 saturated heterocycles. The number of carbonyl (C=O) groups excluding carboxylic acids is 1. The zero-order valence-electron chi connectivity index (χ0n) is 19.4. The number of hydrogen-bond acceptors (Lipinski definition) is 6. The van der Waals surface area contributed by atoms with Crippen LogP contribution in [-0.2, 0) is 6.54 Å². The summed E-state index contributed by atoms with van der Waals surface area (Å²) in [4.78, 5) is 25.3. The van der Waals surface area contributed by atoms with Gasteiger partial charge in [-0.15, -0.1) is 11.3 Å². The number of amides is 1. The standard InChI is InChI=1S/C26H28N4O2S/c1-5-30(6-2)24-22-15-21(10-11-23(22)27-17-28-24)20-9-7-8-19(14-20)16-29(4)26(31)32-25-18(3)12-13-33-25/h7-15,17H,5-6,16H2,1-4H3. The smallest absolute Gasteiger partial charge is 0.399 e. The molecule has 1 amide bonds. The van der Waals surface area contributed by atoms with Crippen molar-refractivity contribution in [2.75, 3.05) is 25.0 Å². The Morgan fingerprint density at radius 1 is 1.03 bits per heavy atom. The molecule has 7 heteroatoms. The lowest BCUT2D eigenvalue weighted by atomic mass is 10.0. The number of rotatable bonds is 7. The maximum Gasteiger partial charge on any atom is 0.416 e. The first-order valence-electron chi connectivity index (χ1n) is 11.1. The van der Waals surface area contributed by atoms with E-state index in [1.807, 2.05) is 36.6 Å². The highest BCUT2D eigenvalue weighted by Gasteiger charge is 2.15. The number of thiophene rings is 1. The molecular weight excluding hydrogens is 432 g/mol. The van der Waals surface area contributed by atoms with Crippen molar-refractivity contribution < 1.29 is 9.53 Å². The van der Waals surface area contributed by atoms with Gasteiger partial charge in [0.25, 0.3) is 0 Å². The lowest BCUT2D eigenvalue weighted by molar-refractivity contribution is 0.162. The molecule has 4 rings (SSSR count). The third-order valence-electron chi connectivity index (χ3n) is 5.66. The Morgan fingerprint density at radius 2 is 1.82 bits per heavy atom. The molecule has 2 heterocycles. The molecule has 6 nitrogen and oxygen atoms in total. The van der Waals surface area contributed by atoms with Gasteiger partial charge in [0.05, 0.1) is 5.52 Å². The Bertz CT molecular complexity index is 1270. The molecule has 0 radical (unpaired) electrons. The molecular formula is C26H28N4O2S. The van der Waals surface area contributed by atoms with Crippen LogP contribution in [0.5, 0.6) is 5.06 Å². The third-order valence-corrected chi connectivity index (χ3v) is 6.56. The molecule has 0 aliphatic carbocycles. The molecule has 0 unspecified atom stereocenters. The molecule has 0 atom stereocenters. The number of fused-ring (bicyclic) bond motifs is 1. The largest absolute Gasteiger partial charge is 0.416 e. The van der Waals surface area contributed by atoms with E-state index in [2.05, 4.69) is 53.0 Å². The fourth-order valence-corrected chi connectivity index (χ4v) is 4.58. The highest BCUT2D eigenvalue weighted by Crippen LogP contribution is 2.30. The quantitative estimate of drug-likeness (QED) is 0.331. The Kier molecular flexibility index (Phi) is 6.89. The molecule has 0 bridgehead atoms. The number of ether oxygens (including phenoxy) is 1. The zero-order valence-corrected chi connectivity index (χ0v) is 20.2. The second kappa shape index (κ2) is 10.0. The summed E-state index contributed by atoms with van der Waals surface area (Å²) in [5.41, 5.74) is 5.10. The van der Waals surface area contributed by atoms with Crippen molar-refractivity contribution in [1.29, 1.82) is 0 Å². The van der Waals surface area contributed by atoms with Crippen LogP contribution in [0.3, 0.4) is 0 Å². The van der Waals surface area contributed by atoms with Crippen LogP contribution in [0.1, 0.15) is 25.0 Å². The predicted molar refractivity (Wildman–Crippen MR) is 135 cm³/mol. The number of benzene rings is 2. The topological polar surface area (TPSA) is 58.6 Å². The fourth-order valence-electron chi connectivity index (χ4n) is 3.81. The predicted octanol–water partition coefficient (Wildman–Crippen LogP) is 6.14. The number of hydrogen-bond donors (Lipinski definition) is 0. The van der Waals surface area contributed by atoms with Crippen LogP contribution in [0.25, 0.3) is 22.0 Å². The van der Waals surface area contributed by atoms with Crippen LogP contribution in [0.2, 0.25) is 0 Å². The minimum Gasteiger partial charge on any atom is -0.399 e. The molecule has 2 aromatic heterocycles. The second-order valence-electron chi connectivity index (χ2n) is 7.92. The summed E-state index contributed by atoms with van der Waals surface area (Å²) in [6.45, 7) is 8.42. The van der Waals surface area contributed by atoms with Crippen molar-refractivity contribution in [1.82, 2.24) is 14.9 Å². The van der Waals surface area contributed by atoms with Crippen molar-refractivity contribution >= 4 is 34.2 Å². The number of aryl methyl sites for hydroxylation is 1. The van der Waals surface area contributed by atoms with Crippen molar-refractivity contribution in [2.24, 2.45) is 0 Å². The van der Waals surface area contributed by atoms with E-state index < -0.39 is 0 Å². The molecule has 0 aliphatic rings. The van der Waals surface area contributed by atoms with Gasteiger partial charge in [-0.1, -0.05) is 24.3 Å². The highest BCUT2D eigenvalue weighted by atomic mass is 32.1. The zero-order chi connectivity index (χ0) is 23.4. The average molecular weight is 461 g/mol. The van der Waals surface area contributed by atoms with Crippen LogP contribution in [0.4, 0.5) is 10.6 Å². The molecule has 0 aliphatic heterocycles. The van der Waals surface area contributed by atoms with Crippen LogP contribution in [0, 0.1) is 6.92 Å². The maximum absolute atomic E-state index is 12.5. The minimum atomic E-state index is -0.363. The SMILES string of the molecule is CCN(CC)c1ncnc2ccc(-c3cccc(CN(C)C(=O)Oc4sccc4C)c3)cc12. The Labute approximate surface area is 198 Å². The molecule has 0 saturated carbocycles. The van der Waals surface area contributed by atoms with E-state index in [-0.39, 0.29) is 6.09 Å². The summed E-state index contributed by atoms with van der Waals surface area (Å²) < 4.78 is 5.53. The third kappa shape index (κ3) is 4.98. The van der Waals surface area contributed by atoms with Crippen molar-refractivity contribution in [3.8, 4) is 16.2 Å². The van der Waals surface area contributed by atoms with Gasteiger partial charge in [0.2, 0.25) is 0 Å². The number of nitrogens with zero attached hydrogens (tertiary/aromatic N) is 4. The van der Waals surface area contributed by atoms with Gasteiger partial charge in [0.15, 0.2) is 5.06 Å². The summed E-state index contributed by atoms with van der Waals surface area (Å²) in [7, 11) is 1.75. The Morgan fingerprint density at radius 3 is 2.55 bits per heavy atom. The Balaban J connectivity index is 1.57. The number of aromatic nitrogens is 2. The van der Waals surface area contributed by atoms with Gasteiger partial charge < -0.3 is 14.5 Å². The lowest BCUT2D eigenvalue weighted by Crippen LogP contribution is -2.29. The number of carbonyl (C=O) groups is 1. The molecule has 0 fully saturated rings. The van der Waals surface area contributed by atoms with E-state index in [1.165, 1.54) is 11.3 Å². The van der Waals surface area contributed by atoms with E-state index >= 15 is 0 Å². The van der Waals surface area contributed by atoms with Gasteiger partial charge in [-0.2, -0.15) is 0 Å².